The van der Waals surface area contributed by atoms with Crippen LogP contribution in [0.25, 0.3) is 10.2 Å². The molecule has 1 aliphatic heterocycles. The van der Waals surface area contributed by atoms with E-state index in [4.69, 9.17) is 4.74 Å². The van der Waals surface area contributed by atoms with Crippen LogP contribution in [0.1, 0.15) is 30.9 Å². The van der Waals surface area contributed by atoms with Crippen molar-refractivity contribution >= 4 is 43.5 Å². The van der Waals surface area contributed by atoms with Crippen LogP contribution in [0, 0.1) is 19.8 Å². The van der Waals surface area contributed by atoms with Gasteiger partial charge < -0.3 is 9.30 Å². The number of carbonyl (C=O) groups is 2. The first kappa shape index (κ1) is 22.6. The smallest absolute Gasteiger partial charge is 0.326 e. The Bertz CT molecular complexity index is 1150. The Balaban J connectivity index is 2.03. The molecule has 10 heteroatoms. The number of rotatable bonds is 5. The zero-order chi connectivity index (χ0) is 22.1. The molecule has 0 saturated carbocycles. The number of amides is 1. The maximum Gasteiger partial charge on any atom is 0.326 e. The highest BCUT2D eigenvalue weighted by Gasteiger charge is 2.30. The second kappa shape index (κ2) is 8.99. The van der Waals surface area contributed by atoms with Crippen molar-refractivity contribution in [3.63, 3.8) is 0 Å². The summed E-state index contributed by atoms with van der Waals surface area (Å²) in [7, 11) is -3.35. The first-order chi connectivity index (χ1) is 14.1. The quantitative estimate of drug-likeness (QED) is 0.645. The number of sulfonamides is 1. The summed E-state index contributed by atoms with van der Waals surface area (Å²) in [5, 5.41) is 0. The summed E-state index contributed by atoms with van der Waals surface area (Å²) in [6.07, 6.45) is 2.36. The van der Waals surface area contributed by atoms with Crippen molar-refractivity contribution in [3.05, 3.63) is 28.1 Å². The Hall–Kier alpha value is -2.04. The molecule has 1 aromatic carbocycles. The number of esters is 1. The van der Waals surface area contributed by atoms with Crippen molar-refractivity contribution in [1.82, 2.24) is 8.87 Å². The minimum Gasteiger partial charge on any atom is -0.465 e. The standard InChI is InChI=1S/C20H27N3O5S2/c1-5-28-17(24)12-23-16-10-13(2)9-14(3)18(16)29-20(23)21-19(25)15-7-6-8-22(11-15)30(4,26)27/h9-10,15H,5-8,11-12H2,1-4H3. The fraction of sp³-hybridized carbons (Fsp3) is 0.550. The number of hydrogen-bond donors (Lipinski definition) is 0. The topological polar surface area (TPSA) is 98.0 Å². The summed E-state index contributed by atoms with van der Waals surface area (Å²) in [6.45, 7) is 6.50. The third-order valence-corrected chi connectivity index (χ3v) is 7.61. The van der Waals surface area contributed by atoms with Gasteiger partial charge in [0.15, 0.2) is 4.80 Å². The van der Waals surface area contributed by atoms with E-state index in [-0.39, 0.29) is 25.6 Å². The number of piperidine rings is 1. The normalized spacial score (nSPS) is 18.7. The van der Waals surface area contributed by atoms with Crippen molar-refractivity contribution in [2.75, 3.05) is 26.0 Å². The summed E-state index contributed by atoms with van der Waals surface area (Å²) in [5.74, 6) is -1.24. The Morgan fingerprint density at radius 1 is 1.30 bits per heavy atom. The number of hydrogen-bond acceptors (Lipinski definition) is 6. The molecular weight excluding hydrogens is 426 g/mol. The van der Waals surface area contributed by atoms with Crippen molar-refractivity contribution in [2.45, 2.75) is 40.2 Å². The van der Waals surface area contributed by atoms with Gasteiger partial charge in [0.05, 0.1) is 29.0 Å². The van der Waals surface area contributed by atoms with Gasteiger partial charge in [0.1, 0.15) is 6.54 Å². The van der Waals surface area contributed by atoms with Crippen LogP contribution < -0.4 is 4.80 Å². The summed E-state index contributed by atoms with van der Waals surface area (Å²) < 4.78 is 32.8. The SMILES string of the molecule is CCOC(=O)Cn1c(=NC(=O)C2CCCN(S(C)(=O)=O)C2)sc2c(C)cc(C)cc21. The molecule has 1 fully saturated rings. The van der Waals surface area contributed by atoms with Crippen molar-refractivity contribution in [2.24, 2.45) is 10.9 Å². The summed E-state index contributed by atoms with van der Waals surface area (Å²) in [4.78, 5) is 29.9. The Morgan fingerprint density at radius 3 is 2.70 bits per heavy atom. The lowest BCUT2D eigenvalue weighted by molar-refractivity contribution is -0.143. The highest BCUT2D eigenvalue weighted by molar-refractivity contribution is 7.88. The number of aryl methyl sites for hydroxylation is 2. The molecule has 1 aromatic heterocycles. The number of nitrogens with zero attached hydrogens (tertiary/aromatic N) is 3. The molecule has 0 N–H and O–H groups in total. The van der Waals surface area contributed by atoms with Gasteiger partial charge >= 0.3 is 5.97 Å². The summed E-state index contributed by atoms with van der Waals surface area (Å²) >= 11 is 1.35. The number of fused-ring (bicyclic) bond motifs is 1. The number of thiazole rings is 1. The van der Waals surface area contributed by atoms with E-state index in [1.807, 2.05) is 26.0 Å². The van der Waals surface area contributed by atoms with Crippen LogP contribution in [-0.4, -0.2) is 55.1 Å². The molecule has 3 rings (SSSR count). The molecular formula is C20H27N3O5S2. The highest BCUT2D eigenvalue weighted by Crippen LogP contribution is 2.24. The first-order valence-electron chi connectivity index (χ1n) is 9.90. The minimum atomic E-state index is -3.35. The molecule has 164 valence electrons. The van der Waals surface area contributed by atoms with Crippen LogP contribution in [0.5, 0.6) is 0 Å². The first-order valence-corrected chi connectivity index (χ1v) is 12.6. The van der Waals surface area contributed by atoms with Crippen LogP contribution in [0.2, 0.25) is 0 Å². The predicted octanol–water partition coefficient (Wildman–Crippen LogP) is 1.98. The average molecular weight is 454 g/mol. The van der Waals surface area contributed by atoms with E-state index in [1.54, 1.807) is 11.5 Å². The van der Waals surface area contributed by atoms with Gasteiger partial charge in [-0.1, -0.05) is 17.4 Å². The maximum absolute atomic E-state index is 12.9. The second-order valence-corrected chi connectivity index (χ2v) is 10.6. The molecule has 2 aromatic rings. The lowest BCUT2D eigenvalue weighted by Crippen LogP contribution is -2.41. The van der Waals surface area contributed by atoms with Gasteiger partial charge in [0, 0.05) is 13.1 Å². The minimum absolute atomic E-state index is 0.0387. The van der Waals surface area contributed by atoms with Crippen molar-refractivity contribution < 1.29 is 22.7 Å². The molecule has 1 aliphatic rings. The Kier molecular flexibility index (Phi) is 6.78. The monoisotopic (exact) mass is 453 g/mol. The Labute approximate surface area is 180 Å². The van der Waals surface area contributed by atoms with Gasteiger partial charge in [-0.15, -0.1) is 0 Å². The van der Waals surface area contributed by atoms with Gasteiger partial charge in [-0.3, -0.25) is 9.59 Å². The summed E-state index contributed by atoms with van der Waals surface area (Å²) in [6, 6.07) is 4.01. The summed E-state index contributed by atoms with van der Waals surface area (Å²) in [5.41, 5.74) is 2.92. The average Bonchev–Trinajstić information content (AvgIpc) is 2.99. The van der Waals surface area contributed by atoms with Crippen molar-refractivity contribution in [3.8, 4) is 0 Å². The lowest BCUT2D eigenvalue weighted by atomic mass is 9.99. The number of carbonyl (C=O) groups excluding carboxylic acids is 2. The largest absolute Gasteiger partial charge is 0.465 e. The van der Waals surface area contributed by atoms with Crippen LogP contribution in [0.15, 0.2) is 17.1 Å². The van der Waals surface area contributed by atoms with Gasteiger partial charge in [-0.05, 0) is 50.8 Å². The zero-order valence-corrected chi connectivity index (χ0v) is 19.3. The van der Waals surface area contributed by atoms with Gasteiger partial charge in [0.25, 0.3) is 5.91 Å². The third kappa shape index (κ3) is 4.98. The molecule has 0 spiro atoms. The molecule has 1 atom stereocenters. The van der Waals surface area contributed by atoms with E-state index >= 15 is 0 Å². The van der Waals surface area contributed by atoms with Gasteiger partial charge in [-0.25, -0.2) is 12.7 Å². The van der Waals surface area contributed by atoms with E-state index in [2.05, 4.69) is 4.99 Å². The van der Waals surface area contributed by atoms with E-state index in [9.17, 15) is 18.0 Å². The number of benzene rings is 1. The van der Waals surface area contributed by atoms with Gasteiger partial charge in [-0.2, -0.15) is 4.99 Å². The fourth-order valence-corrected chi connectivity index (χ4v) is 5.71. The number of aromatic nitrogens is 1. The maximum atomic E-state index is 12.9. The number of ether oxygens (including phenoxy) is 1. The molecule has 1 amide bonds. The molecule has 0 bridgehead atoms. The zero-order valence-electron chi connectivity index (χ0n) is 17.7. The van der Waals surface area contributed by atoms with E-state index in [0.29, 0.717) is 24.2 Å². The molecule has 30 heavy (non-hydrogen) atoms. The van der Waals surface area contributed by atoms with Gasteiger partial charge in [0.2, 0.25) is 10.0 Å². The molecule has 2 heterocycles. The van der Waals surface area contributed by atoms with E-state index in [0.717, 1.165) is 27.6 Å². The highest BCUT2D eigenvalue weighted by atomic mass is 32.2. The van der Waals surface area contributed by atoms with Crippen molar-refractivity contribution in [1.29, 1.82) is 0 Å². The molecule has 0 radical (unpaired) electrons. The Morgan fingerprint density at radius 2 is 2.03 bits per heavy atom. The fourth-order valence-electron chi connectivity index (χ4n) is 3.72. The molecule has 8 nitrogen and oxygen atoms in total. The third-order valence-electron chi connectivity index (χ3n) is 5.12. The molecule has 0 aliphatic carbocycles. The van der Waals surface area contributed by atoms with Crippen LogP contribution in [-0.2, 0) is 30.9 Å². The van der Waals surface area contributed by atoms with E-state index in [1.165, 1.54) is 15.6 Å². The predicted molar refractivity (Wildman–Crippen MR) is 116 cm³/mol. The second-order valence-electron chi connectivity index (χ2n) is 7.62. The van der Waals surface area contributed by atoms with Crippen LogP contribution >= 0.6 is 11.3 Å². The molecule has 1 saturated heterocycles. The lowest BCUT2D eigenvalue weighted by Gasteiger charge is -2.28. The molecule has 1 unspecified atom stereocenters. The van der Waals surface area contributed by atoms with Crippen LogP contribution in [0.4, 0.5) is 0 Å². The van der Waals surface area contributed by atoms with Crippen LogP contribution in [0.3, 0.4) is 0 Å². The van der Waals surface area contributed by atoms with E-state index < -0.39 is 21.9 Å².